The molecule has 2 aliphatic heterocycles. The minimum atomic E-state index is -5.05. The topological polar surface area (TPSA) is 234 Å². The van der Waals surface area contributed by atoms with Crippen molar-refractivity contribution in [2.75, 3.05) is 26.9 Å². The summed E-state index contributed by atoms with van der Waals surface area (Å²) >= 11 is 0. The van der Waals surface area contributed by atoms with Gasteiger partial charge in [-0.05, 0) is 6.92 Å². The Morgan fingerprint density at radius 1 is 0.906 bits per heavy atom. The largest absolute Gasteiger partial charge is 0.473 e. The summed E-state index contributed by atoms with van der Waals surface area (Å²) < 4.78 is 43.5. The van der Waals surface area contributed by atoms with Gasteiger partial charge in [-0.3, -0.25) is 9.05 Å². The zero-order valence-electron chi connectivity index (χ0n) is 17.4. The molecule has 0 aromatic carbocycles. The number of aliphatic hydroxyl groups excluding tert-OH is 7. The highest BCUT2D eigenvalue weighted by Gasteiger charge is 2.53. The first-order chi connectivity index (χ1) is 15.0. The molecule has 32 heavy (non-hydrogen) atoms. The summed E-state index contributed by atoms with van der Waals surface area (Å²) in [7, 11) is -3.89. The van der Waals surface area contributed by atoms with Gasteiger partial charge in [-0.1, -0.05) is 0 Å². The molecule has 0 spiro atoms. The van der Waals surface area contributed by atoms with Crippen molar-refractivity contribution in [2.45, 2.75) is 74.4 Å². The minimum absolute atomic E-state index is 0.745. The molecule has 0 radical (unpaired) electrons. The Morgan fingerprint density at radius 3 is 2.06 bits per heavy atom. The Hall–Kier alpha value is -0.330. The molecule has 11 atom stereocenters. The zero-order chi connectivity index (χ0) is 24.2. The first-order valence-corrected chi connectivity index (χ1v) is 11.2. The molecule has 15 nitrogen and oxygen atoms in total. The van der Waals surface area contributed by atoms with Gasteiger partial charge in [-0.25, -0.2) is 4.57 Å². The van der Waals surface area contributed by atoms with Crippen LogP contribution in [0, 0.1) is 0 Å². The molecule has 0 saturated carbocycles. The molecule has 0 aromatic heterocycles. The smallest absolute Gasteiger partial charge is 0.394 e. The van der Waals surface area contributed by atoms with Gasteiger partial charge in [0.1, 0.15) is 48.8 Å². The van der Waals surface area contributed by atoms with E-state index in [0.29, 0.717) is 0 Å². The van der Waals surface area contributed by atoms with Gasteiger partial charge < -0.3 is 59.6 Å². The maximum absolute atomic E-state index is 12.4. The summed E-state index contributed by atoms with van der Waals surface area (Å²) in [6.45, 7) is -0.988. The van der Waals surface area contributed by atoms with Gasteiger partial charge in [0.15, 0.2) is 12.6 Å². The summed E-state index contributed by atoms with van der Waals surface area (Å²) in [4.78, 5) is 10.1. The fourth-order valence-electron chi connectivity index (χ4n) is 3.27. The van der Waals surface area contributed by atoms with Crippen LogP contribution in [0.5, 0.6) is 0 Å². The van der Waals surface area contributed by atoms with Crippen molar-refractivity contribution in [3.05, 3.63) is 0 Å². The SMILES string of the molecule is CO[C@@H]1O[C@H](CO)[C@H](O)[C@H](OP(=O)(O)OC(CO)CO)[C@H]1O[C@@H]1O[C@@H](C)[C@H](O)[C@@H](O)[C@H]1O. The number of hydrogen-bond donors (Lipinski definition) is 8. The predicted molar refractivity (Wildman–Crippen MR) is 99.7 cm³/mol. The Morgan fingerprint density at radius 2 is 1.53 bits per heavy atom. The molecule has 1 unspecified atom stereocenters. The van der Waals surface area contributed by atoms with E-state index < -0.39 is 95.2 Å². The van der Waals surface area contributed by atoms with Crippen LogP contribution in [-0.2, 0) is 32.6 Å². The van der Waals surface area contributed by atoms with E-state index in [9.17, 15) is 35.0 Å². The summed E-state index contributed by atoms with van der Waals surface area (Å²) in [5, 5.41) is 68.2. The molecule has 2 rings (SSSR count). The van der Waals surface area contributed by atoms with E-state index in [2.05, 4.69) is 4.52 Å². The second kappa shape index (κ2) is 11.9. The second-order valence-corrected chi connectivity index (χ2v) is 8.72. The van der Waals surface area contributed by atoms with Gasteiger partial charge in [-0.2, -0.15) is 0 Å². The molecule has 0 aromatic rings. The number of hydrogen-bond acceptors (Lipinski definition) is 14. The Balaban J connectivity index is 2.29. The van der Waals surface area contributed by atoms with Crippen molar-refractivity contribution in [2.24, 2.45) is 0 Å². The second-order valence-electron chi connectivity index (χ2n) is 7.37. The molecule has 190 valence electrons. The Kier molecular flexibility index (Phi) is 10.4. The molecule has 2 fully saturated rings. The van der Waals surface area contributed by atoms with E-state index in [0.717, 1.165) is 7.11 Å². The van der Waals surface area contributed by atoms with Crippen molar-refractivity contribution in [3.8, 4) is 0 Å². The van der Waals surface area contributed by atoms with Crippen molar-refractivity contribution in [1.82, 2.24) is 0 Å². The maximum Gasteiger partial charge on any atom is 0.473 e. The van der Waals surface area contributed by atoms with Gasteiger partial charge in [0.25, 0.3) is 0 Å². The monoisotopic (exact) mass is 494 g/mol. The fraction of sp³-hybridized carbons (Fsp3) is 1.00. The van der Waals surface area contributed by atoms with Crippen LogP contribution < -0.4 is 0 Å². The average Bonchev–Trinajstić information content (AvgIpc) is 2.76. The molecule has 8 N–H and O–H groups in total. The van der Waals surface area contributed by atoms with E-state index in [1.807, 2.05) is 0 Å². The third-order valence-electron chi connectivity index (χ3n) is 5.07. The first kappa shape index (κ1) is 27.9. The third-order valence-corrected chi connectivity index (χ3v) is 6.15. The van der Waals surface area contributed by atoms with E-state index in [4.69, 9.17) is 33.7 Å². The van der Waals surface area contributed by atoms with Crippen LogP contribution in [0.2, 0.25) is 0 Å². The zero-order valence-corrected chi connectivity index (χ0v) is 18.2. The van der Waals surface area contributed by atoms with Crippen LogP contribution in [-0.4, -0.2) is 135 Å². The lowest BCUT2D eigenvalue weighted by Crippen LogP contribution is -2.64. The summed E-state index contributed by atoms with van der Waals surface area (Å²) in [6, 6.07) is 0. The van der Waals surface area contributed by atoms with E-state index >= 15 is 0 Å². The van der Waals surface area contributed by atoms with E-state index in [1.165, 1.54) is 6.92 Å². The van der Waals surface area contributed by atoms with Crippen LogP contribution >= 0.6 is 7.82 Å². The Bertz CT molecular complexity index is 620. The van der Waals surface area contributed by atoms with Crippen molar-refractivity contribution in [1.29, 1.82) is 0 Å². The number of rotatable bonds is 10. The molecule has 2 heterocycles. The summed E-state index contributed by atoms with van der Waals surface area (Å²) in [5.74, 6) is 0. The first-order valence-electron chi connectivity index (χ1n) is 9.73. The molecular formula is C16H31O15P. The van der Waals surface area contributed by atoms with E-state index in [-0.39, 0.29) is 0 Å². The third kappa shape index (κ3) is 6.41. The lowest BCUT2D eigenvalue weighted by molar-refractivity contribution is -0.360. The fourth-order valence-corrected chi connectivity index (χ4v) is 4.38. The van der Waals surface area contributed by atoms with Gasteiger partial charge in [0.05, 0.1) is 25.9 Å². The lowest BCUT2D eigenvalue weighted by Gasteiger charge is -2.46. The molecule has 0 bridgehead atoms. The van der Waals surface area contributed by atoms with Crippen LogP contribution in [0.3, 0.4) is 0 Å². The molecule has 2 aliphatic rings. The quantitative estimate of drug-likeness (QED) is 0.134. The highest BCUT2D eigenvalue weighted by molar-refractivity contribution is 7.47. The summed E-state index contributed by atoms with van der Waals surface area (Å²) in [6.07, 6.45) is -16.9. The predicted octanol–water partition coefficient (Wildman–Crippen LogP) is -4.22. The maximum atomic E-state index is 12.4. The number of methoxy groups -OCH3 is 1. The van der Waals surface area contributed by atoms with Gasteiger partial charge >= 0.3 is 7.82 Å². The van der Waals surface area contributed by atoms with Gasteiger partial charge in [0.2, 0.25) is 0 Å². The van der Waals surface area contributed by atoms with E-state index in [1.54, 1.807) is 0 Å². The average molecular weight is 494 g/mol. The standard InChI is InChI=1S/C16H31O15P/c1-6-9(20)11(22)12(23)15(27-6)29-14-13(10(21)8(5-19)28-16(14)26-2)31-32(24,25)30-7(3-17)4-18/h6-23H,3-5H2,1-2H3,(H,24,25)/t6-,8+,9-,10-,11+,12+,13-,14+,15-,16+/m0/s1. The molecule has 0 aliphatic carbocycles. The lowest BCUT2D eigenvalue weighted by atomic mass is 9.97. The Labute approximate surface area is 183 Å². The number of phosphoric ester groups is 1. The van der Waals surface area contributed by atoms with Crippen LogP contribution in [0.15, 0.2) is 0 Å². The van der Waals surface area contributed by atoms with Crippen LogP contribution in [0.1, 0.15) is 6.92 Å². The highest BCUT2D eigenvalue weighted by Crippen LogP contribution is 2.48. The summed E-state index contributed by atoms with van der Waals surface area (Å²) in [5.41, 5.74) is 0. The highest BCUT2D eigenvalue weighted by atomic mass is 31.2. The minimum Gasteiger partial charge on any atom is -0.394 e. The molecular weight excluding hydrogens is 463 g/mol. The van der Waals surface area contributed by atoms with Gasteiger partial charge in [-0.15, -0.1) is 0 Å². The van der Waals surface area contributed by atoms with Crippen molar-refractivity contribution < 1.29 is 73.2 Å². The molecule has 0 amide bonds. The van der Waals surface area contributed by atoms with Crippen LogP contribution in [0.4, 0.5) is 0 Å². The van der Waals surface area contributed by atoms with Crippen LogP contribution in [0.25, 0.3) is 0 Å². The van der Waals surface area contributed by atoms with Crippen molar-refractivity contribution in [3.63, 3.8) is 0 Å². The van der Waals surface area contributed by atoms with Gasteiger partial charge in [0, 0.05) is 7.11 Å². The molecule has 2 saturated heterocycles. The normalized spacial score (nSPS) is 42.7. The number of aliphatic hydroxyl groups is 7. The number of ether oxygens (including phenoxy) is 4. The number of phosphoric acid groups is 1. The van der Waals surface area contributed by atoms with Crippen molar-refractivity contribution >= 4 is 7.82 Å². The molecule has 16 heteroatoms.